The third-order valence-corrected chi connectivity index (χ3v) is 4.72. The van der Waals surface area contributed by atoms with E-state index in [-0.39, 0.29) is 11.9 Å². The van der Waals surface area contributed by atoms with Gasteiger partial charge >= 0.3 is 0 Å². The number of hydrogen-bond donors (Lipinski definition) is 1. The van der Waals surface area contributed by atoms with Crippen LogP contribution in [-0.4, -0.2) is 48.1 Å². The van der Waals surface area contributed by atoms with Gasteiger partial charge in [0, 0.05) is 25.1 Å². The van der Waals surface area contributed by atoms with Crippen LogP contribution in [0.1, 0.15) is 18.0 Å². The first kappa shape index (κ1) is 18.9. The highest BCUT2D eigenvalue weighted by Gasteiger charge is 2.19. The minimum Gasteiger partial charge on any atom is -0.496 e. The van der Waals surface area contributed by atoms with Crippen molar-refractivity contribution in [3.05, 3.63) is 60.4 Å². The molecule has 0 saturated carbocycles. The van der Waals surface area contributed by atoms with E-state index in [0.29, 0.717) is 19.5 Å². The number of likely N-dealkylation sites (N-methyl/N-ethyl adjacent to an activating group) is 1. The number of para-hydroxylation sites is 3. The average molecular weight is 366 g/mol. The van der Waals surface area contributed by atoms with E-state index >= 15 is 0 Å². The van der Waals surface area contributed by atoms with Crippen LogP contribution in [-0.2, 0) is 11.3 Å². The molecule has 0 radical (unpaired) electrons. The van der Waals surface area contributed by atoms with Gasteiger partial charge < -0.3 is 19.5 Å². The van der Waals surface area contributed by atoms with Crippen LogP contribution in [0.2, 0.25) is 0 Å². The molecule has 3 aromatic rings. The van der Waals surface area contributed by atoms with E-state index in [1.807, 2.05) is 67.2 Å². The first-order chi connectivity index (χ1) is 13.1. The van der Waals surface area contributed by atoms with Gasteiger partial charge in [0.2, 0.25) is 5.91 Å². The van der Waals surface area contributed by atoms with Crippen LogP contribution >= 0.6 is 0 Å². The third kappa shape index (κ3) is 4.46. The van der Waals surface area contributed by atoms with E-state index in [0.717, 1.165) is 22.3 Å². The quantitative estimate of drug-likeness (QED) is 0.666. The molecule has 0 fully saturated rings. The molecule has 6 nitrogen and oxygen atoms in total. The summed E-state index contributed by atoms with van der Waals surface area (Å²) in [7, 11) is 5.67. The van der Waals surface area contributed by atoms with Crippen molar-refractivity contribution in [1.82, 2.24) is 19.8 Å². The van der Waals surface area contributed by atoms with Gasteiger partial charge in [0.05, 0.1) is 30.5 Å². The molecule has 1 heterocycles. The number of carbonyl (C=O) groups excluding carboxylic acids is 1. The van der Waals surface area contributed by atoms with Crippen molar-refractivity contribution in [1.29, 1.82) is 0 Å². The smallest absolute Gasteiger partial charge is 0.221 e. The number of methoxy groups -OCH3 is 1. The first-order valence-corrected chi connectivity index (χ1v) is 9.06. The summed E-state index contributed by atoms with van der Waals surface area (Å²) in [6.45, 7) is 1.13. The van der Waals surface area contributed by atoms with Gasteiger partial charge in [0.1, 0.15) is 5.75 Å². The number of hydrogen-bond acceptors (Lipinski definition) is 4. The summed E-state index contributed by atoms with van der Waals surface area (Å²) < 4.78 is 7.48. The maximum atomic E-state index is 12.4. The lowest BCUT2D eigenvalue weighted by molar-refractivity contribution is -0.121. The van der Waals surface area contributed by atoms with Crippen molar-refractivity contribution in [2.45, 2.75) is 19.0 Å². The van der Waals surface area contributed by atoms with Crippen molar-refractivity contribution in [3.8, 4) is 5.75 Å². The zero-order valence-electron chi connectivity index (χ0n) is 16.1. The molecule has 0 spiro atoms. The molecule has 0 bridgehead atoms. The Bertz CT molecular complexity index is 904. The van der Waals surface area contributed by atoms with Crippen molar-refractivity contribution in [2.75, 3.05) is 27.7 Å². The van der Waals surface area contributed by atoms with Gasteiger partial charge in [-0.1, -0.05) is 30.3 Å². The molecule has 3 rings (SSSR count). The first-order valence-electron chi connectivity index (χ1n) is 9.06. The fourth-order valence-corrected chi connectivity index (χ4v) is 3.22. The fraction of sp³-hybridized carbons (Fsp3) is 0.333. The molecule has 0 saturated heterocycles. The Hall–Kier alpha value is -2.86. The molecule has 1 amide bonds. The average Bonchev–Trinajstić information content (AvgIpc) is 3.10. The van der Waals surface area contributed by atoms with E-state index in [1.54, 1.807) is 13.4 Å². The largest absolute Gasteiger partial charge is 0.496 e. The Morgan fingerprint density at radius 1 is 1.19 bits per heavy atom. The lowest BCUT2D eigenvalue weighted by Crippen LogP contribution is -2.35. The molecule has 1 N–H and O–H groups in total. The van der Waals surface area contributed by atoms with Gasteiger partial charge in [-0.25, -0.2) is 4.98 Å². The monoisotopic (exact) mass is 366 g/mol. The number of benzene rings is 2. The van der Waals surface area contributed by atoms with Crippen molar-refractivity contribution in [3.63, 3.8) is 0 Å². The molecule has 0 aliphatic carbocycles. The van der Waals surface area contributed by atoms with Crippen LogP contribution in [0, 0.1) is 0 Å². The molecule has 6 heteroatoms. The van der Waals surface area contributed by atoms with E-state index in [9.17, 15) is 4.79 Å². The maximum absolute atomic E-state index is 12.4. The van der Waals surface area contributed by atoms with Crippen molar-refractivity contribution in [2.24, 2.45) is 0 Å². The summed E-state index contributed by atoms with van der Waals surface area (Å²) in [5.41, 5.74) is 3.05. The minimum absolute atomic E-state index is 0.0227. The van der Waals surface area contributed by atoms with Crippen LogP contribution in [0.25, 0.3) is 11.0 Å². The molecule has 2 aromatic carbocycles. The summed E-state index contributed by atoms with van der Waals surface area (Å²) in [5, 5.41) is 3.05. The number of nitrogens with zero attached hydrogens (tertiary/aromatic N) is 3. The SMILES string of the molecule is COc1ccccc1C(CNC(=O)CCn1cnc2ccccc21)N(C)C. The number of rotatable bonds is 8. The lowest BCUT2D eigenvalue weighted by atomic mass is 10.0. The summed E-state index contributed by atoms with van der Waals surface area (Å²) in [6, 6.07) is 15.9. The Morgan fingerprint density at radius 2 is 1.93 bits per heavy atom. The number of amides is 1. The molecular formula is C21H26N4O2. The Labute approximate surface area is 159 Å². The molecule has 142 valence electrons. The summed E-state index contributed by atoms with van der Waals surface area (Å²) >= 11 is 0. The second-order valence-corrected chi connectivity index (χ2v) is 6.70. The van der Waals surface area contributed by atoms with Gasteiger partial charge in [-0.15, -0.1) is 0 Å². The normalized spacial score (nSPS) is 12.3. The van der Waals surface area contributed by atoms with Crippen LogP contribution in [0.4, 0.5) is 0 Å². The number of imidazole rings is 1. The highest BCUT2D eigenvalue weighted by Crippen LogP contribution is 2.27. The number of ether oxygens (including phenoxy) is 1. The Balaban J connectivity index is 1.60. The third-order valence-electron chi connectivity index (χ3n) is 4.72. The topological polar surface area (TPSA) is 59.4 Å². The molecule has 0 aliphatic rings. The van der Waals surface area contributed by atoms with Crippen LogP contribution in [0.5, 0.6) is 5.75 Å². The van der Waals surface area contributed by atoms with E-state index in [2.05, 4.69) is 15.2 Å². The second kappa shape index (κ2) is 8.68. The number of fused-ring (bicyclic) bond motifs is 1. The zero-order valence-corrected chi connectivity index (χ0v) is 16.1. The molecular weight excluding hydrogens is 340 g/mol. The Kier molecular flexibility index (Phi) is 6.08. The van der Waals surface area contributed by atoms with Gasteiger partial charge in [0.25, 0.3) is 0 Å². The summed E-state index contributed by atoms with van der Waals surface area (Å²) in [5.74, 6) is 0.852. The van der Waals surface area contributed by atoms with Crippen molar-refractivity contribution < 1.29 is 9.53 Å². The van der Waals surface area contributed by atoms with Gasteiger partial charge in [-0.2, -0.15) is 0 Å². The molecule has 1 atom stereocenters. The predicted molar refractivity (Wildman–Crippen MR) is 107 cm³/mol. The van der Waals surface area contributed by atoms with E-state index in [1.165, 1.54) is 0 Å². The molecule has 1 unspecified atom stereocenters. The Morgan fingerprint density at radius 3 is 2.70 bits per heavy atom. The van der Waals surface area contributed by atoms with Crippen LogP contribution in [0.15, 0.2) is 54.9 Å². The number of aryl methyl sites for hydroxylation is 1. The summed E-state index contributed by atoms with van der Waals surface area (Å²) in [6.07, 6.45) is 2.20. The van der Waals surface area contributed by atoms with Gasteiger partial charge in [0.15, 0.2) is 0 Å². The second-order valence-electron chi connectivity index (χ2n) is 6.70. The number of aromatic nitrogens is 2. The minimum atomic E-state index is 0.0227. The van der Waals surface area contributed by atoms with E-state index < -0.39 is 0 Å². The van der Waals surface area contributed by atoms with E-state index in [4.69, 9.17) is 4.74 Å². The molecule has 0 aliphatic heterocycles. The summed E-state index contributed by atoms with van der Waals surface area (Å²) in [4.78, 5) is 18.8. The van der Waals surface area contributed by atoms with Gasteiger partial charge in [-0.3, -0.25) is 4.79 Å². The van der Waals surface area contributed by atoms with Crippen LogP contribution < -0.4 is 10.1 Å². The molecule has 1 aromatic heterocycles. The maximum Gasteiger partial charge on any atom is 0.221 e. The van der Waals surface area contributed by atoms with Crippen LogP contribution in [0.3, 0.4) is 0 Å². The number of carbonyl (C=O) groups is 1. The zero-order chi connectivity index (χ0) is 19.2. The standard InChI is InChI=1S/C21H26N4O2/c1-24(2)19(16-8-4-7-11-20(16)27-3)14-22-21(26)12-13-25-15-23-17-9-5-6-10-18(17)25/h4-11,15,19H,12-14H2,1-3H3,(H,22,26). The fourth-order valence-electron chi connectivity index (χ4n) is 3.22. The molecule has 27 heavy (non-hydrogen) atoms. The predicted octanol–water partition coefficient (Wildman–Crippen LogP) is 2.85. The number of nitrogens with one attached hydrogen (secondary N) is 1. The lowest BCUT2D eigenvalue weighted by Gasteiger charge is -2.26. The van der Waals surface area contributed by atoms with Gasteiger partial charge in [-0.05, 0) is 32.3 Å². The highest BCUT2D eigenvalue weighted by atomic mass is 16.5. The highest BCUT2D eigenvalue weighted by molar-refractivity contribution is 5.77. The van der Waals surface area contributed by atoms with Crippen molar-refractivity contribution >= 4 is 16.9 Å².